The van der Waals surface area contributed by atoms with E-state index in [9.17, 15) is 9.59 Å². The van der Waals surface area contributed by atoms with E-state index in [1.54, 1.807) is 27.7 Å². The molecule has 1 amide bonds. The summed E-state index contributed by atoms with van der Waals surface area (Å²) in [6.45, 7) is 6.97. The summed E-state index contributed by atoms with van der Waals surface area (Å²) in [6.07, 6.45) is 1.51. The normalized spacial score (nSPS) is 12.9. The second-order valence-corrected chi connectivity index (χ2v) is 5.01. The van der Waals surface area contributed by atoms with Gasteiger partial charge in [0.2, 0.25) is 0 Å². The number of carbonyl (C=O) groups is 2. The van der Waals surface area contributed by atoms with Crippen LogP contribution >= 0.6 is 0 Å². The fourth-order valence-electron chi connectivity index (χ4n) is 1.41. The Kier molecular flexibility index (Phi) is 4.11. The van der Waals surface area contributed by atoms with Gasteiger partial charge < -0.3 is 14.1 Å². The molecule has 0 aliphatic carbocycles. The standard InChI is InChI=1S/C12H18N2O4/c1-8-9(6-13-18-8)10(7-15)14(5)11(16)17-12(2,3)4/h6-7,10H,1-5H3. The van der Waals surface area contributed by atoms with Gasteiger partial charge in [-0.1, -0.05) is 5.16 Å². The molecule has 1 unspecified atom stereocenters. The van der Waals surface area contributed by atoms with Gasteiger partial charge in [-0.2, -0.15) is 0 Å². The van der Waals surface area contributed by atoms with Gasteiger partial charge in [-0.05, 0) is 27.7 Å². The van der Waals surface area contributed by atoms with Crippen LogP contribution in [0.3, 0.4) is 0 Å². The zero-order valence-corrected chi connectivity index (χ0v) is 11.3. The van der Waals surface area contributed by atoms with Crippen molar-refractivity contribution in [2.24, 2.45) is 0 Å². The molecule has 0 radical (unpaired) electrons. The number of hydrogen-bond donors (Lipinski definition) is 0. The van der Waals surface area contributed by atoms with Crippen molar-refractivity contribution in [2.75, 3.05) is 7.05 Å². The van der Waals surface area contributed by atoms with Crippen LogP contribution in [-0.2, 0) is 9.53 Å². The van der Waals surface area contributed by atoms with Gasteiger partial charge in [0.1, 0.15) is 23.7 Å². The average Bonchev–Trinajstić information content (AvgIpc) is 2.63. The van der Waals surface area contributed by atoms with E-state index >= 15 is 0 Å². The van der Waals surface area contributed by atoms with E-state index in [0.29, 0.717) is 17.6 Å². The van der Waals surface area contributed by atoms with Crippen LogP contribution in [0.25, 0.3) is 0 Å². The predicted molar refractivity (Wildman–Crippen MR) is 64.0 cm³/mol. The third-order valence-corrected chi connectivity index (χ3v) is 2.33. The monoisotopic (exact) mass is 254 g/mol. The molecule has 0 aromatic carbocycles. The second kappa shape index (κ2) is 5.20. The SMILES string of the molecule is Cc1oncc1C(C=O)N(C)C(=O)OC(C)(C)C. The fourth-order valence-corrected chi connectivity index (χ4v) is 1.41. The number of likely N-dealkylation sites (N-methyl/N-ethyl adjacent to an activating group) is 1. The highest BCUT2D eigenvalue weighted by Gasteiger charge is 2.28. The lowest BCUT2D eigenvalue weighted by Crippen LogP contribution is -2.37. The molecule has 0 bridgehead atoms. The minimum absolute atomic E-state index is 0.502. The lowest BCUT2D eigenvalue weighted by Gasteiger charge is -2.27. The minimum atomic E-state index is -0.758. The molecule has 0 aliphatic rings. The molecule has 1 atom stereocenters. The molecule has 0 spiro atoms. The molecule has 0 aliphatic heterocycles. The van der Waals surface area contributed by atoms with Crippen LogP contribution in [0.2, 0.25) is 0 Å². The lowest BCUT2D eigenvalue weighted by atomic mass is 10.1. The number of rotatable bonds is 3. The predicted octanol–water partition coefficient (Wildman–Crippen LogP) is 2.09. The van der Waals surface area contributed by atoms with E-state index in [2.05, 4.69) is 5.16 Å². The molecule has 100 valence electrons. The maximum absolute atomic E-state index is 11.9. The zero-order chi connectivity index (χ0) is 13.9. The molecule has 6 heteroatoms. The summed E-state index contributed by atoms with van der Waals surface area (Å²) >= 11 is 0. The van der Waals surface area contributed by atoms with Gasteiger partial charge in [0.15, 0.2) is 0 Å². The highest BCUT2D eigenvalue weighted by molar-refractivity contribution is 5.74. The Labute approximate surface area is 106 Å². The van der Waals surface area contributed by atoms with Crippen molar-refractivity contribution in [2.45, 2.75) is 39.3 Å². The number of aldehydes is 1. The third kappa shape index (κ3) is 3.32. The van der Waals surface area contributed by atoms with E-state index in [1.807, 2.05) is 0 Å². The Bertz CT molecular complexity index is 434. The molecule has 1 aromatic heterocycles. The van der Waals surface area contributed by atoms with Crippen molar-refractivity contribution < 1.29 is 18.8 Å². The summed E-state index contributed by atoms with van der Waals surface area (Å²) < 4.78 is 10.1. The quantitative estimate of drug-likeness (QED) is 0.772. The second-order valence-electron chi connectivity index (χ2n) is 5.01. The Balaban J connectivity index is 2.87. The van der Waals surface area contributed by atoms with Crippen molar-refractivity contribution in [3.63, 3.8) is 0 Å². The Morgan fingerprint density at radius 2 is 2.17 bits per heavy atom. The Morgan fingerprint density at radius 1 is 1.56 bits per heavy atom. The largest absolute Gasteiger partial charge is 0.444 e. The molecule has 0 saturated heterocycles. The van der Waals surface area contributed by atoms with Crippen molar-refractivity contribution in [1.82, 2.24) is 10.1 Å². The molecule has 18 heavy (non-hydrogen) atoms. The van der Waals surface area contributed by atoms with Gasteiger partial charge in [0.25, 0.3) is 0 Å². The highest BCUT2D eigenvalue weighted by Crippen LogP contribution is 2.22. The maximum atomic E-state index is 11.9. The molecule has 1 aromatic rings. The summed E-state index contributed by atoms with van der Waals surface area (Å²) in [5.74, 6) is 0.502. The van der Waals surface area contributed by atoms with Gasteiger partial charge in [-0.3, -0.25) is 4.90 Å². The summed E-state index contributed by atoms with van der Waals surface area (Å²) in [4.78, 5) is 24.2. The van der Waals surface area contributed by atoms with E-state index < -0.39 is 17.7 Å². The maximum Gasteiger partial charge on any atom is 0.410 e. The number of carbonyl (C=O) groups excluding carboxylic acids is 2. The van der Waals surface area contributed by atoms with Crippen LogP contribution in [0.15, 0.2) is 10.7 Å². The molecule has 6 nitrogen and oxygen atoms in total. The van der Waals surface area contributed by atoms with Gasteiger partial charge in [-0.25, -0.2) is 4.79 Å². The minimum Gasteiger partial charge on any atom is -0.444 e. The van der Waals surface area contributed by atoms with Gasteiger partial charge in [0.05, 0.1) is 6.20 Å². The molecular weight excluding hydrogens is 236 g/mol. The third-order valence-electron chi connectivity index (χ3n) is 2.33. The van der Waals surface area contributed by atoms with Crippen LogP contribution in [-0.4, -0.2) is 35.1 Å². The number of aryl methyl sites for hydroxylation is 1. The van der Waals surface area contributed by atoms with Crippen molar-refractivity contribution in [3.8, 4) is 0 Å². The first kappa shape index (κ1) is 14.2. The Morgan fingerprint density at radius 3 is 2.56 bits per heavy atom. The Hall–Kier alpha value is -1.85. The smallest absolute Gasteiger partial charge is 0.410 e. The summed E-state index contributed by atoms with van der Waals surface area (Å²) in [5, 5.41) is 3.59. The zero-order valence-electron chi connectivity index (χ0n) is 11.3. The topological polar surface area (TPSA) is 72.6 Å². The van der Waals surface area contributed by atoms with E-state index in [-0.39, 0.29) is 0 Å². The summed E-state index contributed by atoms with van der Waals surface area (Å²) in [6, 6.07) is -0.758. The first-order valence-corrected chi connectivity index (χ1v) is 5.58. The number of nitrogens with zero attached hydrogens (tertiary/aromatic N) is 2. The van der Waals surface area contributed by atoms with E-state index in [1.165, 1.54) is 18.1 Å². The van der Waals surface area contributed by atoms with Crippen molar-refractivity contribution in [3.05, 3.63) is 17.5 Å². The van der Waals surface area contributed by atoms with Crippen LogP contribution in [0.5, 0.6) is 0 Å². The highest BCUT2D eigenvalue weighted by atomic mass is 16.6. The van der Waals surface area contributed by atoms with Gasteiger partial charge in [0, 0.05) is 12.6 Å². The lowest BCUT2D eigenvalue weighted by molar-refractivity contribution is -0.112. The fraction of sp³-hybridized carbons (Fsp3) is 0.583. The van der Waals surface area contributed by atoms with Gasteiger partial charge >= 0.3 is 6.09 Å². The molecule has 1 rings (SSSR count). The van der Waals surface area contributed by atoms with E-state index in [4.69, 9.17) is 9.26 Å². The number of hydrogen-bond acceptors (Lipinski definition) is 5. The number of aromatic nitrogens is 1. The summed E-state index contributed by atoms with van der Waals surface area (Å²) in [7, 11) is 1.50. The molecule has 0 fully saturated rings. The van der Waals surface area contributed by atoms with E-state index in [0.717, 1.165) is 0 Å². The van der Waals surface area contributed by atoms with Crippen molar-refractivity contribution >= 4 is 12.4 Å². The van der Waals surface area contributed by atoms with Crippen molar-refractivity contribution in [1.29, 1.82) is 0 Å². The van der Waals surface area contributed by atoms with Crippen LogP contribution < -0.4 is 0 Å². The van der Waals surface area contributed by atoms with Crippen LogP contribution in [0, 0.1) is 6.92 Å². The van der Waals surface area contributed by atoms with Gasteiger partial charge in [-0.15, -0.1) is 0 Å². The molecule has 1 heterocycles. The number of ether oxygens (including phenoxy) is 1. The summed E-state index contributed by atoms with van der Waals surface area (Å²) in [5.41, 5.74) is -0.0546. The van der Waals surface area contributed by atoms with Crippen LogP contribution in [0.1, 0.15) is 38.1 Å². The number of amides is 1. The first-order chi connectivity index (χ1) is 8.26. The molecular formula is C12H18N2O4. The first-order valence-electron chi connectivity index (χ1n) is 5.58. The molecule has 0 saturated carbocycles. The average molecular weight is 254 g/mol. The van der Waals surface area contributed by atoms with Crippen LogP contribution in [0.4, 0.5) is 4.79 Å². The molecule has 0 N–H and O–H groups in total.